The summed E-state index contributed by atoms with van der Waals surface area (Å²) in [5, 5.41) is 3.10. The van der Waals surface area contributed by atoms with Crippen LogP contribution in [0.2, 0.25) is 0 Å². The lowest BCUT2D eigenvalue weighted by Gasteiger charge is -2.10. The minimum absolute atomic E-state index is 0.250. The van der Waals surface area contributed by atoms with E-state index >= 15 is 0 Å². The molecule has 2 aromatic rings. The van der Waals surface area contributed by atoms with E-state index in [4.69, 9.17) is 4.74 Å². The van der Waals surface area contributed by atoms with E-state index in [1.807, 2.05) is 6.07 Å². The normalized spacial score (nSPS) is 10.2. The third-order valence-corrected chi connectivity index (χ3v) is 2.94. The fourth-order valence-corrected chi connectivity index (χ4v) is 1.88. The zero-order valence-electron chi connectivity index (χ0n) is 9.78. The molecule has 1 aromatic carbocycles. The van der Waals surface area contributed by atoms with E-state index in [2.05, 4.69) is 26.2 Å². The highest BCUT2D eigenvalue weighted by Gasteiger charge is 2.05. The highest BCUT2D eigenvalue weighted by atomic mass is 79.9. The molecule has 1 N–H and O–H groups in total. The van der Waals surface area contributed by atoms with Gasteiger partial charge in [0.25, 0.3) is 0 Å². The van der Waals surface area contributed by atoms with Gasteiger partial charge in [-0.1, -0.05) is 22.0 Å². The van der Waals surface area contributed by atoms with Gasteiger partial charge < -0.3 is 10.1 Å². The SMILES string of the molecule is COc1ncccc1NCc1ccc(Br)cc1F. The van der Waals surface area contributed by atoms with Crippen LogP contribution in [0.5, 0.6) is 5.88 Å². The van der Waals surface area contributed by atoms with E-state index in [9.17, 15) is 4.39 Å². The fraction of sp³-hybridized carbons (Fsp3) is 0.154. The van der Waals surface area contributed by atoms with Gasteiger partial charge in [-0.2, -0.15) is 0 Å². The Morgan fingerprint density at radius 3 is 2.94 bits per heavy atom. The molecule has 1 aromatic heterocycles. The first-order chi connectivity index (χ1) is 8.70. The van der Waals surface area contributed by atoms with Crippen LogP contribution in [-0.2, 0) is 6.54 Å². The van der Waals surface area contributed by atoms with Gasteiger partial charge in [0.05, 0.1) is 12.8 Å². The number of hydrogen-bond acceptors (Lipinski definition) is 3. The van der Waals surface area contributed by atoms with E-state index in [0.717, 1.165) is 10.2 Å². The third-order valence-electron chi connectivity index (χ3n) is 2.45. The van der Waals surface area contributed by atoms with E-state index in [-0.39, 0.29) is 5.82 Å². The molecule has 18 heavy (non-hydrogen) atoms. The van der Waals surface area contributed by atoms with Crippen LogP contribution >= 0.6 is 15.9 Å². The molecule has 0 radical (unpaired) electrons. The van der Waals surface area contributed by atoms with Gasteiger partial charge in [-0.25, -0.2) is 9.37 Å². The Hall–Kier alpha value is -1.62. The molecule has 3 nitrogen and oxygen atoms in total. The van der Waals surface area contributed by atoms with Crippen molar-refractivity contribution in [3.63, 3.8) is 0 Å². The van der Waals surface area contributed by atoms with Crippen LogP contribution in [0.4, 0.5) is 10.1 Å². The first kappa shape index (κ1) is 12.8. The van der Waals surface area contributed by atoms with Gasteiger partial charge >= 0.3 is 0 Å². The van der Waals surface area contributed by atoms with Gasteiger partial charge in [-0.3, -0.25) is 0 Å². The Labute approximate surface area is 113 Å². The molecule has 0 saturated heterocycles. The highest BCUT2D eigenvalue weighted by Crippen LogP contribution is 2.22. The Balaban J connectivity index is 2.11. The van der Waals surface area contributed by atoms with Crippen LogP contribution in [0.1, 0.15) is 5.56 Å². The van der Waals surface area contributed by atoms with Crippen LogP contribution in [-0.4, -0.2) is 12.1 Å². The molecular formula is C13H12BrFN2O. The first-order valence-electron chi connectivity index (χ1n) is 5.37. The summed E-state index contributed by atoms with van der Waals surface area (Å²) >= 11 is 3.22. The first-order valence-corrected chi connectivity index (χ1v) is 6.17. The molecule has 1 heterocycles. The quantitative estimate of drug-likeness (QED) is 0.937. The number of nitrogens with one attached hydrogen (secondary N) is 1. The second-order valence-corrected chi connectivity index (χ2v) is 4.57. The van der Waals surface area contributed by atoms with Crippen molar-refractivity contribution in [3.05, 3.63) is 52.4 Å². The Morgan fingerprint density at radius 2 is 2.22 bits per heavy atom. The predicted molar refractivity (Wildman–Crippen MR) is 72.2 cm³/mol. The van der Waals surface area contributed by atoms with Crippen molar-refractivity contribution in [1.29, 1.82) is 0 Å². The molecular weight excluding hydrogens is 299 g/mol. The molecule has 0 unspecified atom stereocenters. The molecule has 0 saturated carbocycles. The number of methoxy groups -OCH3 is 1. The molecule has 0 aliphatic rings. The lowest BCUT2D eigenvalue weighted by atomic mass is 10.2. The number of aromatic nitrogens is 1. The van der Waals surface area contributed by atoms with E-state index < -0.39 is 0 Å². The van der Waals surface area contributed by atoms with Crippen LogP contribution in [0.25, 0.3) is 0 Å². The van der Waals surface area contributed by atoms with Crippen molar-refractivity contribution >= 4 is 21.6 Å². The summed E-state index contributed by atoms with van der Waals surface area (Å²) in [7, 11) is 1.55. The molecule has 0 atom stereocenters. The molecule has 0 aliphatic carbocycles. The van der Waals surface area contributed by atoms with Gasteiger partial charge in [0, 0.05) is 22.8 Å². The monoisotopic (exact) mass is 310 g/mol. The Kier molecular flexibility index (Phi) is 4.15. The van der Waals surface area contributed by atoms with Crippen LogP contribution < -0.4 is 10.1 Å². The minimum atomic E-state index is -0.250. The summed E-state index contributed by atoms with van der Waals surface area (Å²) in [6.07, 6.45) is 1.64. The summed E-state index contributed by atoms with van der Waals surface area (Å²) < 4.78 is 19.5. The van der Waals surface area contributed by atoms with Crippen LogP contribution in [0.15, 0.2) is 41.0 Å². The van der Waals surface area contributed by atoms with Gasteiger partial charge in [0.1, 0.15) is 5.82 Å². The van der Waals surface area contributed by atoms with Crippen molar-refractivity contribution in [2.75, 3.05) is 12.4 Å². The van der Waals surface area contributed by atoms with Crippen molar-refractivity contribution in [2.45, 2.75) is 6.54 Å². The fourth-order valence-electron chi connectivity index (χ4n) is 1.54. The number of benzene rings is 1. The molecule has 0 fully saturated rings. The van der Waals surface area contributed by atoms with Gasteiger partial charge in [-0.15, -0.1) is 0 Å². The number of rotatable bonds is 4. The topological polar surface area (TPSA) is 34.1 Å². The number of ether oxygens (including phenoxy) is 1. The third kappa shape index (κ3) is 2.98. The number of pyridine rings is 1. The summed E-state index contributed by atoms with van der Waals surface area (Å²) in [4.78, 5) is 4.06. The molecule has 5 heteroatoms. The second kappa shape index (κ2) is 5.82. The average molecular weight is 311 g/mol. The summed E-state index contributed by atoms with van der Waals surface area (Å²) in [6, 6.07) is 8.61. The van der Waals surface area contributed by atoms with Crippen molar-refractivity contribution in [3.8, 4) is 5.88 Å². The lowest BCUT2D eigenvalue weighted by molar-refractivity contribution is 0.399. The Morgan fingerprint density at radius 1 is 1.39 bits per heavy atom. The van der Waals surface area contributed by atoms with E-state index in [0.29, 0.717) is 18.0 Å². The van der Waals surface area contributed by atoms with E-state index in [1.54, 1.807) is 31.5 Å². The molecule has 2 rings (SSSR count). The maximum atomic E-state index is 13.6. The number of nitrogens with zero attached hydrogens (tertiary/aromatic N) is 1. The van der Waals surface area contributed by atoms with Crippen molar-refractivity contribution in [1.82, 2.24) is 4.98 Å². The largest absolute Gasteiger partial charge is 0.480 e. The van der Waals surface area contributed by atoms with Crippen molar-refractivity contribution in [2.24, 2.45) is 0 Å². The second-order valence-electron chi connectivity index (χ2n) is 3.65. The molecule has 0 amide bonds. The van der Waals surface area contributed by atoms with Gasteiger partial charge in [-0.05, 0) is 24.3 Å². The van der Waals surface area contributed by atoms with Crippen LogP contribution in [0.3, 0.4) is 0 Å². The standard InChI is InChI=1S/C13H12BrFN2O/c1-18-13-12(3-2-6-16-13)17-8-9-4-5-10(14)7-11(9)15/h2-7,17H,8H2,1H3. The number of halogens is 2. The summed E-state index contributed by atoms with van der Waals surface area (Å²) in [6.45, 7) is 0.376. The predicted octanol–water partition coefficient (Wildman–Crippen LogP) is 3.60. The van der Waals surface area contributed by atoms with Gasteiger partial charge in [0.15, 0.2) is 0 Å². The lowest BCUT2D eigenvalue weighted by Crippen LogP contribution is -2.04. The van der Waals surface area contributed by atoms with Crippen molar-refractivity contribution < 1.29 is 9.13 Å². The number of anilines is 1. The maximum absolute atomic E-state index is 13.6. The zero-order valence-corrected chi connectivity index (χ0v) is 11.4. The minimum Gasteiger partial charge on any atom is -0.480 e. The molecule has 0 bridgehead atoms. The van der Waals surface area contributed by atoms with Crippen LogP contribution in [0, 0.1) is 5.82 Å². The molecule has 94 valence electrons. The highest BCUT2D eigenvalue weighted by molar-refractivity contribution is 9.10. The summed E-state index contributed by atoms with van der Waals surface area (Å²) in [5.41, 5.74) is 1.33. The molecule has 0 aliphatic heterocycles. The Bertz CT molecular complexity index is 548. The maximum Gasteiger partial charge on any atom is 0.237 e. The molecule has 0 spiro atoms. The number of hydrogen-bond donors (Lipinski definition) is 1. The average Bonchev–Trinajstić information content (AvgIpc) is 2.38. The van der Waals surface area contributed by atoms with Gasteiger partial charge in [0.2, 0.25) is 5.88 Å². The summed E-state index contributed by atoms with van der Waals surface area (Å²) in [5.74, 6) is 0.245. The van der Waals surface area contributed by atoms with E-state index in [1.165, 1.54) is 6.07 Å². The zero-order chi connectivity index (χ0) is 13.0. The smallest absolute Gasteiger partial charge is 0.237 e.